The van der Waals surface area contributed by atoms with Crippen LogP contribution in [0, 0.1) is 0 Å². The van der Waals surface area contributed by atoms with Crippen LogP contribution in [0.1, 0.15) is 38.4 Å². The molecule has 5 nitrogen and oxygen atoms in total. The van der Waals surface area contributed by atoms with E-state index in [9.17, 15) is 9.60 Å². The van der Waals surface area contributed by atoms with Gasteiger partial charge in [-0.25, -0.2) is 15.0 Å². The normalized spacial score (nSPS) is 19.4. The van der Waals surface area contributed by atoms with Crippen molar-refractivity contribution < 1.29 is 42.8 Å². The Bertz CT molecular complexity index is 4320. The molecule has 3 aromatic heterocycles. The predicted octanol–water partition coefficient (Wildman–Crippen LogP) is 11.5. The molecule has 0 amide bonds. The van der Waals surface area contributed by atoms with Gasteiger partial charge in [0.2, 0.25) is 0 Å². The van der Waals surface area contributed by atoms with Crippen molar-refractivity contribution in [3.63, 3.8) is 0 Å². The smallest absolute Gasteiger partial charge is 0.166 e. The molecule has 3 heterocycles. The van der Waals surface area contributed by atoms with Crippen molar-refractivity contribution in [2.24, 2.45) is 0 Å². The van der Waals surface area contributed by atoms with Gasteiger partial charge in [-0.15, -0.1) is 0 Å². The van der Waals surface area contributed by atoms with E-state index in [0.29, 0.717) is 0 Å². The maximum Gasteiger partial charge on any atom is 0.166 e. The molecule has 0 unspecified atom stereocenters. The van der Waals surface area contributed by atoms with Gasteiger partial charge in [0, 0.05) is 38.2 Å². The minimum atomic E-state index is -1.04. The minimum Gasteiger partial charge on any atom is -0.454 e. The van der Waals surface area contributed by atoms with Gasteiger partial charge in [-0.1, -0.05) is 145 Å². The Hall–Kier alpha value is -6.85. The summed E-state index contributed by atoms with van der Waals surface area (Å²) in [4.78, 5) is 13.1. The molecule has 5 heteroatoms. The zero-order valence-corrected chi connectivity index (χ0v) is 24.7. The van der Waals surface area contributed by atoms with Crippen LogP contribution in [0.5, 0.6) is 0 Å². The molecule has 0 saturated heterocycles. The Balaban J connectivity index is 1.50. The minimum absolute atomic E-state index is 0.558. The van der Waals surface area contributed by atoms with Gasteiger partial charge in [0.25, 0.3) is 0 Å². The molecule has 10 aromatic rings. The quantitative estimate of drug-likeness (QED) is 0.183. The van der Waals surface area contributed by atoms with E-state index in [1.54, 1.807) is 0 Å². The van der Waals surface area contributed by atoms with Crippen LogP contribution in [0.15, 0.2) is 174 Å². The number of hydrogen-bond acceptors (Lipinski definition) is 4. The second kappa shape index (κ2) is 11.4. The Labute approximate surface area is 327 Å². The van der Waals surface area contributed by atoms with Crippen LogP contribution < -0.4 is 0 Å². The summed E-state index contributed by atoms with van der Waals surface area (Å²) in [5.74, 6) is -2.65. The molecule has 50 heavy (non-hydrogen) atoms. The molecule has 0 aliphatic carbocycles. The number of furan rings is 1. The van der Waals surface area contributed by atoms with Crippen LogP contribution in [-0.2, 0) is 0 Å². The van der Waals surface area contributed by atoms with E-state index in [1.165, 1.54) is 0 Å². The lowest BCUT2D eigenvalue weighted by Gasteiger charge is -2.13. The van der Waals surface area contributed by atoms with Crippen molar-refractivity contribution in [3.8, 4) is 51.0 Å². The van der Waals surface area contributed by atoms with E-state index >= 15 is 0 Å². The van der Waals surface area contributed by atoms with Gasteiger partial charge in [0.15, 0.2) is 23.1 Å². The molecule has 0 aliphatic heterocycles. The topological polar surface area (TPSA) is 56.7 Å². The molecule has 0 N–H and O–H groups in total. The van der Waals surface area contributed by atoms with Crippen molar-refractivity contribution in [1.29, 1.82) is 0 Å². The highest BCUT2D eigenvalue weighted by atomic mass is 16.3. The number of benzene rings is 7. The highest BCUT2D eigenvalue weighted by Gasteiger charge is 2.23. The Morgan fingerprint density at radius 1 is 0.440 bits per heavy atom. The van der Waals surface area contributed by atoms with Gasteiger partial charge < -0.3 is 8.98 Å². The number of rotatable bonds is 5. The highest BCUT2D eigenvalue weighted by molar-refractivity contribution is 6.17. The van der Waals surface area contributed by atoms with Crippen LogP contribution >= 0.6 is 0 Å². The van der Waals surface area contributed by atoms with Crippen LogP contribution in [0.3, 0.4) is 0 Å². The number of para-hydroxylation sites is 3. The lowest BCUT2D eigenvalue weighted by atomic mass is 9.99. The first kappa shape index (κ1) is 11.9. The standard InChI is InChI=1S/C45H28N4O/c1-4-15-29(16-5-1)32-22-14-28-39-40(32)35-24-13-27-38(42(35)50-39)49-37-26-11-10-21-33(37)34-23-12-25-36(41(34)49)45-47-43(30-17-6-2-7-18-30)46-44(48-45)31-19-8-3-9-20-31/h1-28H/i1D,2D,3D,4D,5D,6D,7D,8D,9D,10D,11D,12D,13D,14D,15D,16D,17D,18D,19D,20D,21D,22D,23D,24D,25D,26D,27D,28D. The highest BCUT2D eigenvalue weighted by Crippen LogP contribution is 2.43. The monoisotopic (exact) mass is 668 g/mol. The van der Waals surface area contributed by atoms with E-state index in [2.05, 4.69) is 15.0 Å². The van der Waals surface area contributed by atoms with E-state index in [4.69, 9.17) is 33.2 Å². The van der Waals surface area contributed by atoms with E-state index < -0.39 is 264 Å². The fraction of sp³-hybridized carbons (Fsp3) is 0. The fourth-order valence-corrected chi connectivity index (χ4v) is 5.58. The Morgan fingerprint density at radius 3 is 1.70 bits per heavy atom. The summed E-state index contributed by atoms with van der Waals surface area (Å²) in [5.41, 5.74) is -7.38. The summed E-state index contributed by atoms with van der Waals surface area (Å²) >= 11 is 0. The number of hydrogen-bond donors (Lipinski definition) is 0. The van der Waals surface area contributed by atoms with E-state index in [1.807, 2.05) is 0 Å². The second-order valence-corrected chi connectivity index (χ2v) is 10.3. The molecule has 7 aromatic carbocycles. The van der Waals surface area contributed by atoms with E-state index in [0.717, 1.165) is 4.57 Å². The molecule has 0 aliphatic rings. The Kier molecular flexibility index (Phi) is 2.72. The molecule has 0 fully saturated rings. The molecule has 0 spiro atoms. The molecule has 0 bridgehead atoms. The molecule has 0 atom stereocenters. The summed E-state index contributed by atoms with van der Waals surface area (Å²) in [6.45, 7) is 0. The third-order valence-corrected chi connectivity index (χ3v) is 7.60. The molecular formula is C45H28N4O. The maximum absolute atomic E-state index is 9.58. The summed E-state index contributed by atoms with van der Waals surface area (Å²) in [7, 11) is 0. The molecule has 10 rings (SSSR count). The average Bonchev–Trinajstić information content (AvgIpc) is 4.20. The van der Waals surface area contributed by atoms with Gasteiger partial charge in [0.1, 0.15) is 5.58 Å². The summed E-state index contributed by atoms with van der Waals surface area (Å²) in [6, 6.07) is -26.0. The SMILES string of the molecule is [2H]c1c([2H])c([2H])c(-c2nc(-c3c([2H])c([2H])c([2H])c([2H])c3[2H])nc(-c3c([2H])c([2H])c([2H])c4c5c([2H])c([2H])c([2H])c([2H])c5n(-c5c([2H])c([2H])c([2H])c6c5oc5c([2H])c([2H])c([2H])c(-c7c([2H])c([2H])c([2H])c([2H])c7[2H])c56)c34)n2)c([2H])c1[2H]. The van der Waals surface area contributed by atoms with Gasteiger partial charge in [0.05, 0.1) is 55.1 Å². The third-order valence-electron chi connectivity index (χ3n) is 7.60. The van der Waals surface area contributed by atoms with Crippen LogP contribution in [0.25, 0.3) is 94.7 Å². The molecule has 0 radical (unpaired) electrons. The fourth-order valence-electron chi connectivity index (χ4n) is 5.58. The van der Waals surface area contributed by atoms with Crippen molar-refractivity contribution in [3.05, 3.63) is 169 Å². The average molecular weight is 669 g/mol. The number of fused-ring (bicyclic) bond motifs is 6. The van der Waals surface area contributed by atoms with Crippen molar-refractivity contribution in [1.82, 2.24) is 19.5 Å². The molecule has 234 valence electrons. The van der Waals surface area contributed by atoms with Crippen molar-refractivity contribution >= 4 is 43.7 Å². The largest absolute Gasteiger partial charge is 0.454 e. The zero-order valence-electron chi connectivity index (χ0n) is 52.7. The van der Waals surface area contributed by atoms with Crippen LogP contribution in [0.4, 0.5) is 0 Å². The van der Waals surface area contributed by atoms with Gasteiger partial charge in [-0.2, -0.15) is 0 Å². The number of nitrogens with zero attached hydrogens (tertiary/aromatic N) is 4. The van der Waals surface area contributed by atoms with Gasteiger partial charge >= 0.3 is 0 Å². The molecule has 0 saturated carbocycles. The first-order valence-corrected chi connectivity index (χ1v) is 14.4. The summed E-state index contributed by atoms with van der Waals surface area (Å²) in [5, 5.41) is -2.41. The third kappa shape index (κ3) is 4.45. The van der Waals surface area contributed by atoms with Gasteiger partial charge in [-0.05, 0) is 35.3 Å². The van der Waals surface area contributed by atoms with Crippen molar-refractivity contribution in [2.75, 3.05) is 0 Å². The Morgan fingerprint density at radius 2 is 0.980 bits per heavy atom. The zero-order chi connectivity index (χ0) is 57.4. The summed E-state index contributed by atoms with van der Waals surface area (Å²) < 4.78 is 255. The van der Waals surface area contributed by atoms with Gasteiger partial charge in [-0.3, -0.25) is 0 Å². The summed E-state index contributed by atoms with van der Waals surface area (Å²) in [6.07, 6.45) is 0. The maximum atomic E-state index is 9.58. The van der Waals surface area contributed by atoms with Crippen molar-refractivity contribution in [2.45, 2.75) is 0 Å². The van der Waals surface area contributed by atoms with E-state index in [-0.39, 0.29) is 0 Å². The second-order valence-electron chi connectivity index (χ2n) is 10.3. The predicted molar refractivity (Wildman–Crippen MR) is 203 cm³/mol. The molecular weight excluding hydrogens is 613 g/mol. The lowest BCUT2D eigenvalue weighted by molar-refractivity contribution is 0.666. The lowest BCUT2D eigenvalue weighted by Crippen LogP contribution is -2.02. The first-order chi connectivity index (χ1) is 36.4. The van der Waals surface area contributed by atoms with Crippen LogP contribution in [-0.4, -0.2) is 19.5 Å². The number of aromatic nitrogens is 4. The van der Waals surface area contributed by atoms with Crippen LogP contribution in [0.2, 0.25) is 0 Å². The first-order valence-electron chi connectivity index (χ1n) is 28.4.